The van der Waals surface area contributed by atoms with E-state index in [1.165, 1.54) is 11.9 Å². The van der Waals surface area contributed by atoms with Gasteiger partial charge < -0.3 is 42.2 Å². The van der Waals surface area contributed by atoms with Gasteiger partial charge in [0.15, 0.2) is 47.2 Å². The molecule has 5 heterocycles. The van der Waals surface area contributed by atoms with Gasteiger partial charge in [-0.05, 0) is 90.6 Å². The molecule has 368 valence electrons. The van der Waals surface area contributed by atoms with Crippen LogP contribution in [0.4, 0.5) is 10.6 Å². The SMILES string of the molecule is CCOP(=O)(OCC)C(COC)(Cc1nnn(COCC[Si](C)(C)C)n1)OC[C@H]1O[C@@H](n2ncc3c(N(C(=O)OC(C)(C)C)C4CCC4)nc(/C=C/c4ccccc4)nc32)[C@@H]2OC(C)(C)O[C@@H]21. The molecule has 0 bridgehead atoms. The van der Waals surface area contributed by atoms with Crippen LogP contribution in [0.15, 0.2) is 36.5 Å². The summed E-state index contributed by atoms with van der Waals surface area (Å²) in [4.78, 5) is 27.0. The van der Waals surface area contributed by atoms with E-state index in [4.69, 9.17) is 57.3 Å². The van der Waals surface area contributed by atoms with Crippen LogP contribution in [0.2, 0.25) is 25.7 Å². The molecule has 0 N–H and O–H groups in total. The van der Waals surface area contributed by atoms with E-state index in [1.54, 1.807) is 35.7 Å². The van der Waals surface area contributed by atoms with Gasteiger partial charge in [-0.25, -0.2) is 19.4 Å². The van der Waals surface area contributed by atoms with Crippen molar-refractivity contribution >= 4 is 50.8 Å². The lowest BCUT2D eigenvalue weighted by Crippen LogP contribution is -2.47. The van der Waals surface area contributed by atoms with Gasteiger partial charge in [-0.2, -0.15) is 5.10 Å². The fourth-order valence-electron chi connectivity index (χ4n) is 8.11. The third-order valence-corrected chi connectivity index (χ3v) is 15.7. The molecule has 4 aromatic rings. The smallest absolute Gasteiger partial charge is 0.416 e. The highest BCUT2D eigenvalue weighted by molar-refractivity contribution is 7.55. The van der Waals surface area contributed by atoms with Crippen LogP contribution in [-0.2, 0) is 59.9 Å². The summed E-state index contributed by atoms with van der Waals surface area (Å²) in [6, 6.07) is 10.6. The molecule has 1 saturated carbocycles. The standard InChI is InChI=1S/C45H68N9O11PSi/c1-12-60-66(56,61-13-2)45(29-57-8,26-36-49-51-52(50-36)30-58-24-25-67(9,10)11)59-28-34-37-38(64-44(6,7)63-37)41(62-34)54-40-33(27-46-54)39(47-35(48-40)23-22-31-18-15-14-16-19-31)53(32-20-17-21-32)42(55)65-43(3,4)5/h14-16,18-19,22-23,27,32,34,37-38,41H,12-13,17,20-21,24-26,28-30H2,1-11H3/b23-22+/t34-,37-,38-,41-,45?/m1/s1. The molecule has 20 nitrogen and oxygen atoms in total. The van der Waals surface area contributed by atoms with E-state index in [-0.39, 0.29) is 51.4 Å². The van der Waals surface area contributed by atoms with Gasteiger partial charge in [0.05, 0.1) is 44.4 Å². The molecule has 0 radical (unpaired) electrons. The van der Waals surface area contributed by atoms with Crippen LogP contribution in [-0.4, -0.2) is 135 Å². The Morgan fingerprint density at radius 3 is 2.39 bits per heavy atom. The first-order valence-corrected chi connectivity index (χ1v) is 28.4. The molecular formula is C45H68N9O11PSi. The third kappa shape index (κ3) is 12.1. The molecule has 67 heavy (non-hydrogen) atoms. The van der Waals surface area contributed by atoms with E-state index in [0.717, 1.165) is 30.9 Å². The fourth-order valence-corrected chi connectivity index (χ4v) is 10.9. The van der Waals surface area contributed by atoms with E-state index in [2.05, 4.69) is 35.1 Å². The van der Waals surface area contributed by atoms with Crippen molar-refractivity contribution in [1.82, 2.24) is 40.0 Å². The number of anilines is 1. The molecule has 2 saturated heterocycles. The lowest BCUT2D eigenvalue weighted by Gasteiger charge is -2.38. The zero-order chi connectivity index (χ0) is 48.2. The highest BCUT2D eigenvalue weighted by atomic mass is 31.2. The predicted octanol–water partition coefficient (Wildman–Crippen LogP) is 7.88. The van der Waals surface area contributed by atoms with Crippen molar-refractivity contribution in [3.8, 4) is 0 Å². The minimum absolute atomic E-state index is 0.0554. The maximum Gasteiger partial charge on any atom is 0.416 e. The quantitative estimate of drug-likeness (QED) is 0.0417. The second-order valence-electron chi connectivity index (χ2n) is 19.7. The number of ether oxygens (including phenoxy) is 7. The molecule has 1 aliphatic carbocycles. The van der Waals surface area contributed by atoms with Gasteiger partial charge in [0.2, 0.25) is 0 Å². The Labute approximate surface area is 393 Å². The number of carbonyl (C=O) groups excluding carboxylic acids is 1. The lowest BCUT2D eigenvalue weighted by molar-refractivity contribution is -0.207. The van der Waals surface area contributed by atoms with Gasteiger partial charge in [-0.3, -0.25) is 9.46 Å². The molecule has 3 fully saturated rings. The fraction of sp³-hybridized carbons (Fsp3) is 0.667. The molecular weight excluding hydrogens is 902 g/mol. The Balaban J connectivity index is 1.24. The largest absolute Gasteiger partial charge is 0.443 e. The van der Waals surface area contributed by atoms with Gasteiger partial charge in [-0.15, -0.1) is 15.0 Å². The Kier molecular flexibility index (Phi) is 15.9. The number of amides is 1. The van der Waals surface area contributed by atoms with Crippen LogP contribution < -0.4 is 4.90 Å². The topological polar surface area (TPSA) is 208 Å². The number of aromatic nitrogens is 8. The van der Waals surface area contributed by atoms with Gasteiger partial charge in [0.25, 0.3) is 0 Å². The average Bonchev–Trinajstić information content (AvgIpc) is 4.01. The normalized spacial score (nSPS) is 22.0. The average molecular weight is 970 g/mol. The summed E-state index contributed by atoms with van der Waals surface area (Å²) in [5.74, 6) is -0.102. The summed E-state index contributed by atoms with van der Waals surface area (Å²) >= 11 is 0. The van der Waals surface area contributed by atoms with Crippen LogP contribution >= 0.6 is 7.60 Å². The predicted molar refractivity (Wildman–Crippen MR) is 252 cm³/mol. The van der Waals surface area contributed by atoms with E-state index < -0.39 is 63.0 Å². The molecule has 7 rings (SSSR count). The van der Waals surface area contributed by atoms with Crippen molar-refractivity contribution in [2.24, 2.45) is 0 Å². The Morgan fingerprint density at radius 1 is 1.03 bits per heavy atom. The minimum Gasteiger partial charge on any atom is -0.443 e. The molecule has 1 aromatic carbocycles. The van der Waals surface area contributed by atoms with Crippen molar-refractivity contribution in [3.05, 3.63) is 53.7 Å². The molecule has 22 heteroatoms. The molecule has 1 amide bonds. The number of methoxy groups -OCH3 is 1. The van der Waals surface area contributed by atoms with E-state index >= 15 is 4.57 Å². The van der Waals surface area contributed by atoms with Gasteiger partial charge in [-0.1, -0.05) is 56.0 Å². The van der Waals surface area contributed by atoms with Crippen molar-refractivity contribution in [2.75, 3.05) is 45.0 Å². The maximum atomic E-state index is 15.0. The van der Waals surface area contributed by atoms with Crippen molar-refractivity contribution in [1.29, 1.82) is 0 Å². The Hall–Kier alpha value is -4.02. The van der Waals surface area contributed by atoms with Crippen LogP contribution in [0.5, 0.6) is 0 Å². The number of carbonyl (C=O) groups is 1. The highest BCUT2D eigenvalue weighted by Gasteiger charge is 2.59. The summed E-state index contributed by atoms with van der Waals surface area (Å²) < 4.78 is 72.9. The van der Waals surface area contributed by atoms with E-state index in [1.807, 2.05) is 71.0 Å². The van der Waals surface area contributed by atoms with Crippen molar-refractivity contribution in [3.63, 3.8) is 0 Å². The van der Waals surface area contributed by atoms with Gasteiger partial charge in [0, 0.05) is 27.8 Å². The van der Waals surface area contributed by atoms with Crippen LogP contribution in [0.3, 0.4) is 0 Å². The summed E-state index contributed by atoms with van der Waals surface area (Å²) in [6.45, 7) is 19.8. The maximum absolute atomic E-state index is 15.0. The first-order valence-electron chi connectivity index (χ1n) is 23.1. The summed E-state index contributed by atoms with van der Waals surface area (Å²) in [5.41, 5.74) is 0.588. The number of tetrazole rings is 1. The third-order valence-electron chi connectivity index (χ3n) is 11.4. The first kappa shape index (κ1) is 50.8. The van der Waals surface area contributed by atoms with Crippen molar-refractivity contribution in [2.45, 2.75) is 154 Å². The van der Waals surface area contributed by atoms with Crippen LogP contribution in [0, 0.1) is 0 Å². The summed E-state index contributed by atoms with van der Waals surface area (Å²) in [6.07, 6.45) is 4.09. The van der Waals surface area contributed by atoms with Crippen LogP contribution in [0.1, 0.15) is 91.2 Å². The lowest BCUT2D eigenvalue weighted by atomic mass is 9.91. The van der Waals surface area contributed by atoms with E-state index in [9.17, 15) is 4.79 Å². The molecule has 2 aliphatic heterocycles. The summed E-state index contributed by atoms with van der Waals surface area (Å²) in [5, 5.41) is 16.6. The molecule has 1 unspecified atom stereocenters. The first-order chi connectivity index (χ1) is 31.8. The van der Waals surface area contributed by atoms with Crippen LogP contribution in [0.25, 0.3) is 23.2 Å². The van der Waals surface area contributed by atoms with Crippen molar-refractivity contribution < 1.29 is 51.6 Å². The Bertz CT molecular complexity index is 2360. The van der Waals surface area contributed by atoms with Gasteiger partial charge >= 0.3 is 13.7 Å². The van der Waals surface area contributed by atoms with E-state index in [0.29, 0.717) is 29.3 Å². The highest BCUT2D eigenvalue weighted by Crippen LogP contribution is 2.62. The summed E-state index contributed by atoms with van der Waals surface area (Å²) in [7, 11) is -4.00. The Morgan fingerprint density at radius 2 is 1.75 bits per heavy atom. The second-order valence-corrected chi connectivity index (χ2v) is 27.6. The zero-order valence-electron chi connectivity index (χ0n) is 40.7. The number of hydrogen-bond acceptors (Lipinski definition) is 17. The monoisotopic (exact) mass is 969 g/mol. The molecule has 3 aromatic heterocycles. The number of fused-ring (bicyclic) bond motifs is 2. The zero-order valence-corrected chi connectivity index (χ0v) is 42.6. The number of hydrogen-bond donors (Lipinski definition) is 0. The number of nitrogens with zero attached hydrogens (tertiary/aromatic N) is 9. The second kappa shape index (κ2) is 20.9. The van der Waals surface area contributed by atoms with Gasteiger partial charge in [0.1, 0.15) is 23.9 Å². The number of benzene rings is 1. The minimum atomic E-state index is -4.16. The molecule has 3 aliphatic rings. The molecule has 5 atom stereocenters. The number of rotatable bonds is 22. The molecule has 0 spiro atoms.